The van der Waals surface area contributed by atoms with Crippen molar-refractivity contribution in [1.82, 2.24) is 0 Å². The van der Waals surface area contributed by atoms with Gasteiger partial charge in [0.1, 0.15) is 17.2 Å². The lowest BCUT2D eigenvalue weighted by Crippen LogP contribution is -2.07. The molecule has 0 heterocycles. The highest BCUT2D eigenvalue weighted by Crippen LogP contribution is 2.51. The van der Waals surface area contributed by atoms with Crippen molar-refractivity contribution in [2.24, 2.45) is 0 Å². The third kappa shape index (κ3) is 10.4. The average molecular weight is 807 g/mol. The van der Waals surface area contributed by atoms with E-state index < -0.39 is 7.82 Å². The Hall–Kier alpha value is -5.05. The van der Waals surface area contributed by atoms with Crippen LogP contribution in [0, 0.1) is 0 Å². The number of phosphoric acid groups is 1. The van der Waals surface area contributed by atoms with E-state index in [9.17, 15) is 4.57 Å². The van der Waals surface area contributed by atoms with Gasteiger partial charge >= 0.3 is 7.82 Å². The summed E-state index contributed by atoms with van der Waals surface area (Å²) in [6, 6.07) is 43.2. The van der Waals surface area contributed by atoms with Crippen molar-refractivity contribution in [3.8, 4) is 50.6 Å². The molecule has 0 N–H and O–H groups in total. The van der Waals surface area contributed by atoms with Crippen molar-refractivity contribution in [1.29, 1.82) is 0 Å². The van der Waals surface area contributed by atoms with Crippen LogP contribution in [-0.2, 0) is 4.57 Å². The molecule has 0 atom stereocenters. The Kier molecular flexibility index (Phi) is 13.6. The van der Waals surface area contributed by atoms with Crippen molar-refractivity contribution < 1.29 is 18.1 Å². The van der Waals surface area contributed by atoms with Gasteiger partial charge in [-0.2, -0.15) is 4.57 Å². The Balaban J connectivity index is 1.32. The van der Waals surface area contributed by atoms with E-state index in [-0.39, 0.29) is 0 Å². The lowest BCUT2D eigenvalue weighted by Gasteiger charge is -2.21. The molecule has 6 aromatic carbocycles. The van der Waals surface area contributed by atoms with Crippen LogP contribution in [0.4, 0.5) is 0 Å². The Morgan fingerprint density at radius 3 is 0.763 bits per heavy atom. The number of hydrogen-bond acceptors (Lipinski definition) is 4. The molecule has 308 valence electrons. The predicted molar refractivity (Wildman–Crippen MR) is 250 cm³/mol. The van der Waals surface area contributed by atoms with Crippen molar-refractivity contribution in [3.63, 3.8) is 0 Å². The van der Waals surface area contributed by atoms with Gasteiger partial charge in [-0.1, -0.05) is 174 Å². The highest BCUT2D eigenvalue weighted by atomic mass is 31.2. The van der Waals surface area contributed by atoms with Gasteiger partial charge < -0.3 is 13.6 Å². The molecule has 6 rings (SSSR count). The quantitative estimate of drug-likeness (QED) is 0.0970. The van der Waals surface area contributed by atoms with Crippen LogP contribution in [0.15, 0.2) is 127 Å². The summed E-state index contributed by atoms with van der Waals surface area (Å²) >= 11 is 0. The van der Waals surface area contributed by atoms with Gasteiger partial charge in [0.15, 0.2) is 0 Å². The average Bonchev–Trinajstić information content (AvgIpc) is 3.20. The van der Waals surface area contributed by atoms with Gasteiger partial charge in [0, 0.05) is 0 Å². The molecular weight excluding hydrogens is 744 g/mol. The van der Waals surface area contributed by atoms with E-state index in [0.29, 0.717) is 52.8 Å². The standard InChI is InChI=1S/C54H63O4P/c1-34(2)43-19-28-49(52(31-43)37(7)8)40-13-22-46(23-14-40)56-59(55,57-47-24-15-41(16-25-47)50-29-20-44(35(3)4)32-53(50)38(9)10)58-48-26-17-42(18-27-48)51-30-21-45(36(5)6)33-54(51)39(11)12/h13-39H,1-12H3. The Morgan fingerprint density at radius 2 is 0.559 bits per heavy atom. The van der Waals surface area contributed by atoms with Crippen LogP contribution in [0.5, 0.6) is 17.2 Å². The summed E-state index contributed by atoms with van der Waals surface area (Å²) < 4.78 is 33.6. The maximum Gasteiger partial charge on any atom is 0.647 e. The minimum absolute atomic E-state index is 0.354. The van der Waals surface area contributed by atoms with Crippen LogP contribution < -0.4 is 13.6 Å². The first-order chi connectivity index (χ1) is 28.0. The lowest BCUT2D eigenvalue weighted by molar-refractivity contribution is 0.298. The largest absolute Gasteiger partial charge is 0.647 e. The zero-order chi connectivity index (χ0) is 42.6. The Morgan fingerprint density at radius 1 is 0.322 bits per heavy atom. The molecule has 0 amide bonds. The van der Waals surface area contributed by atoms with Gasteiger partial charge in [-0.3, -0.25) is 0 Å². The van der Waals surface area contributed by atoms with Gasteiger partial charge in [-0.15, -0.1) is 0 Å². The Labute approximate surface area is 354 Å². The fourth-order valence-electron chi connectivity index (χ4n) is 7.57. The zero-order valence-electron chi connectivity index (χ0n) is 37.2. The first-order valence-electron chi connectivity index (χ1n) is 21.4. The van der Waals surface area contributed by atoms with Crippen LogP contribution in [0.25, 0.3) is 33.4 Å². The van der Waals surface area contributed by atoms with Crippen LogP contribution in [0.2, 0.25) is 0 Å². The second-order valence-corrected chi connectivity index (χ2v) is 19.2. The number of rotatable bonds is 15. The number of hydrogen-bond donors (Lipinski definition) is 0. The van der Waals surface area contributed by atoms with E-state index in [2.05, 4.69) is 138 Å². The van der Waals surface area contributed by atoms with Crippen LogP contribution in [0.3, 0.4) is 0 Å². The summed E-state index contributed by atoms with van der Waals surface area (Å²) in [7, 11) is -4.27. The van der Waals surface area contributed by atoms with E-state index in [4.69, 9.17) is 13.6 Å². The molecule has 0 radical (unpaired) electrons. The SMILES string of the molecule is CC(C)c1ccc(-c2ccc(OP(=O)(Oc3ccc(-c4ccc(C(C)C)cc4C(C)C)cc3)Oc3ccc(-c4ccc(C(C)C)cc4C(C)C)cc3)cc2)c(C(C)C)c1. The zero-order valence-corrected chi connectivity index (χ0v) is 38.1. The summed E-state index contributed by atoms with van der Waals surface area (Å²) in [6.45, 7) is 26.7. The fourth-order valence-corrected chi connectivity index (χ4v) is 8.82. The maximum absolute atomic E-state index is 14.9. The molecule has 0 aromatic heterocycles. The van der Waals surface area contributed by atoms with Crippen molar-refractivity contribution in [3.05, 3.63) is 161 Å². The van der Waals surface area contributed by atoms with Gasteiger partial charge in [0.2, 0.25) is 0 Å². The molecule has 0 saturated carbocycles. The predicted octanol–water partition coefficient (Wildman–Crippen LogP) is 17.1. The first-order valence-corrected chi connectivity index (χ1v) is 22.9. The second-order valence-electron chi connectivity index (χ2n) is 17.8. The topological polar surface area (TPSA) is 44.8 Å². The van der Waals surface area contributed by atoms with E-state index in [1.165, 1.54) is 50.1 Å². The minimum atomic E-state index is -4.27. The third-order valence-corrected chi connectivity index (χ3v) is 12.5. The van der Waals surface area contributed by atoms with Crippen molar-refractivity contribution >= 4 is 7.82 Å². The maximum atomic E-state index is 14.9. The van der Waals surface area contributed by atoms with Gasteiger partial charge in [0.25, 0.3) is 0 Å². The van der Waals surface area contributed by atoms with Crippen LogP contribution >= 0.6 is 7.82 Å². The second kappa shape index (κ2) is 18.5. The van der Waals surface area contributed by atoms with Gasteiger partial charge in [-0.25, -0.2) is 0 Å². The third-order valence-electron chi connectivity index (χ3n) is 11.2. The fraction of sp³-hybridized carbons (Fsp3) is 0.333. The van der Waals surface area contributed by atoms with Crippen LogP contribution in [0.1, 0.15) is 152 Å². The Bertz CT molecular complexity index is 2120. The molecule has 59 heavy (non-hydrogen) atoms. The van der Waals surface area contributed by atoms with E-state index >= 15 is 0 Å². The highest BCUT2D eigenvalue weighted by molar-refractivity contribution is 7.49. The van der Waals surface area contributed by atoms with E-state index in [1.54, 1.807) is 0 Å². The number of benzene rings is 6. The molecule has 0 aliphatic heterocycles. The number of phosphoric ester groups is 1. The van der Waals surface area contributed by atoms with Crippen molar-refractivity contribution in [2.45, 2.75) is 119 Å². The van der Waals surface area contributed by atoms with Gasteiger partial charge in [-0.05, 0) is 139 Å². The lowest BCUT2D eigenvalue weighted by atomic mass is 9.88. The first kappa shape index (κ1) is 43.5. The van der Waals surface area contributed by atoms with Crippen molar-refractivity contribution in [2.75, 3.05) is 0 Å². The monoisotopic (exact) mass is 806 g/mol. The molecule has 0 saturated heterocycles. The molecule has 0 spiro atoms. The molecule has 0 aliphatic rings. The highest BCUT2D eigenvalue weighted by Gasteiger charge is 2.33. The van der Waals surface area contributed by atoms with E-state index in [0.717, 1.165) is 16.7 Å². The molecule has 6 aromatic rings. The molecule has 0 aliphatic carbocycles. The minimum Gasteiger partial charge on any atom is -0.386 e. The molecule has 0 unspecified atom stereocenters. The summed E-state index contributed by atoms with van der Waals surface area (Å²) in [5.74, 6) is 3.55. The normalized spacial score (nSPS) is 12.0. The molecule has 4 nitrogen and oxygen atoms in total. The molecular formula is C54H63O4P. The summed E-state index contributed by atoms with van der Waals surface area (Å²) in [5.41, 5.74) is 14.5. The molecule has 0 bridgehead atoms. The summed E-state index contributed by atoms with van der Waals surface area (Å²) in [4.78, 5) is 0. The summed E-state index contributed by atoms with van der Waals surface area (Å²) in [6.07, 6.45) is 0. The van der Waals surface area contributed by atoms with Gasteiger partial charge in [0.05, 0.1) is 0 Å². The summed E-state index contributed by atoms with van der Waals surface area (Å²) in [5, 5.41) is 0. The smallest absolute Gasteiger partial charge is 0.386 e. The van der Waals surface area contributed by atoms with E-state index in [1.807, 2.05) is 72.8 Å². The molecule has 0 fully saturated rings. The van der Waals surface area contributed by atoms with Crippen LogP contribution in [-0.4, -0.2) is 0 Å². The molecule has 5 heteroatoms.